The number of imide groups is 1. The smallest absolute Gasteiger partial charge is 0.262 e. The number of hydrogen-bond donors (Lipinski definition) is 2. The van der Waals surface area contributed by atoms with Gasteiger partial charge < -0.3 is 10.6 Å². The molecule has 1 unspecified atom stereocenters. The van der Waals surface area contributed by atoms with Crippen molar-refractivity contribution in [2.45, 2.75) is 57.9 Å². The number of carbonyl (C=O) groups is 4. The molecule has 1 heterocycles. The molecule has 4 aliphatic carbocycles. The van der Waals surface area contributed by atoms with Gasteiger partial charge in [0.15, 0.2) is 0 Å². The quantitative estimate of drug-likeness (QED) is 0.506. The van der Waals surface area contributed by atoms with Crippen LogP contribution in [0.3, 0.4) is 0 Å². The van der Waals surface area contributed by atoms with Crippen molar-refractivity contribution in [3.63, 3.8) is 0 Å². The summed E-state index contributed by atoms with van der Waals surface area (Å²) in [5.74, 6) is 1.21. The van der Waals surface area contributed by atoms with E-state index in [4.69, 9.17) is 0 Å². The maximum atomic E-state index is 12.6. The molecule has 5 aliphatic rings. The van der Waals surface area contributed by atoms with Gasteiger partial charge in [-0.3, -0.25) is 24.1 Å². The van der Waals surface area contributed by atoms with Gasteiger partial charge >= 0.3 is 0 Å². The first-order valence-electron chi connectivity index (χ1n) is 11.9. The van der Waals surface area contributed by atoms with E-state index in [0.717, 1.165) is 22.7 Å². The fraction of sp³-hybridized carbons (Fsp3) is 0.600. The highest BCUT2D eigenvalue weighted by molar-refractivity contribution is 6.22. The van der Waals surface area contributed by atoms with E-state index in [1.54, 1.807) is 31.2 Å². The van der Waals surface area contributed by atoms with Crippen molar-refractivity contribution in [2.75, 3.05) is 13.1 Å². The Morgan fingerprint density at radius 2 is 1.44 bits per heavy atom. The molecule has 170 valence electrons. The van der Waals surface area contributed by atoms with Crippen molar-refractivity contribution in [3.8, 4) is 0 Å². The summed E-state index contributed by atoms with van der Waals surface area (Å²) in [6.07, 6.45) is 8.26. The highest BCUT2D eigenvalue weighted by Crippen LogP contribution is 2.61. The molecule has 32 heavy (non-hydrogen) atoms. The highest BCUT2D eigenvalue weighted by atomic mass is 16.2. The molecule has 6 rings (SSSR count). The maximum absolute atomic E-state index is 12.6. The van der Waals surface area contributed by atoms with Crippen molar-refractivity contribution in [2.24, 2.45) is 23.2 Å². The van der Waals surface area contributed by atoms with Gasteiger partial charge in [-0.1, -0.05) is 12.1 Å². The standard InChI is InChI=1S/C25H31N3O4/c1-15(28-23(31)19-4-2-3-5-20(19)24(28)32)22(30)27-7-6-26-21(29)14-25-11-16-8-17(12-25)10-18(9-16)13-25/h2-5,15-18H,6-14H2,1H3,(H,26,29)(H,27,30). The molecular weight excluding hydrogens is 406 g/mol. The van der Waals surface area contributed by atoms with Crippen LogP contribution in [0.25, 0.3) is 0 Å². The van der Waals surface area contributed by atoms with Gasteiger partial charge in [0, 0.05) is 19.5 Å². The molecule has 4 bridgehead atoms. The van der Waals surface area contributed by atoms with E-state index >= 15 is 0 Å². The minimum Gasteiger partial charge on any atom is -0.354 e. The van der Waals surface area contributed by atoms with Crippen LogP contribution < -0.4 is 10.6 Å². The Morgan fingerprint density at radius 3 is 1.97 bits per heavy atom. The molecule has 2 N–H and O–H groups in total. The van der Waals surface area contributed by atoms with Gasteiger partial charge in [0.25, 0.3) is 11.8 Å². The maximum Gasteiger partial charge on any atom is 0.262 e. The average Bonchev–Trinajstić information content (AvgIpc) is 2.99. The van der Waals surface area contributed by atoms with Gasteiger partial charge in [-0.2, -0.15) is 0 Å². The Morgan fingerprint density at radius 1 is 0.938 bits per heavy atom. The number of carbonyl (C=O) groups excluding carboxylic acids is 4. The van der Waals surface area contributed by atoms with E-state index < -0.39 is 23.8 Å². The average molecular weight is 438 g/mol. The Labute approximate surface area is 188 Å². The van der Waals surface area contributed by atoms with Crippen LogP contribution in [-0.2, 0) is 9.59 Å². The highest BCUT2D eigenvalue weighted by Gasteiger charge is 2.51. The van der Waals surface area contributed by atoms with Crippen molar-refractivity contribution in [1.82, 2.24) is 15.5 Å². The Bertz CT molecular complexity index is 901. The Hall–Kier alpha value is -2.70. The normalized spacial score (nSPS) is 30.9. The molecule has 0 saturated heterocycles. The summed E-state index contributed by atoms with van der Waals surface area (Å²) in [6.45, 7) is 2.15. The summed E-state index contributed by atoms with van der Waals surface area (Å²) < 4.78 is 0. The predicted molar refractivity (Wildman–Crippen MR) is 118 cm³/mol. The lowest BCUT2D eigenvalue weighted by molar-refractivity contribution is -0.130. The predicted octanol–water partition coefficient (Wildman–Crippen LogP) is 2.51. The van der Waals surface area contributed by atoms with E-state index in [0.29, 0.717) is 24.1 Å². The number of fused-ring (bicyclic) bond motifs is 1. The number of hydrogen-bond acceptors (Lipinski definition) is 4. The van der Waals surface area contributed by atoms with Gasteiger partial charge in [0.1, 0.15) is 6.04 Å². The molecule has 7 heteroatoms. The zero-order chi connectivity index (χ0) is 22.5. The van der Waals surface area contributed by atoms with E-state index in [1.165, 1.54) is 38.5 Å². The van der Waals surface area contributed by atoms with Gasteiger partial charge in [-0.15, -0.1) is 0 Å². The Balaban J connectivity index is 1.08. The molecule has 4 saturated carbocycles. The molecule has 7 nitrogen and oxygen atoms in total. The first-order valence-corrected chi connectivity index (χ1v) is 11.9. The van der Waals surface area contributed by atoms with Gasteiger partial charge in [0.05, 0.1) is 11.1 Å². The molecule has 4 amide bonds. The van der Waals surface area contributed by atoms with E-state index in [9.17, 15) is 19.2 Å². The number of amides is 4. The third kappa shape index (κ3) is 3.71. The van der Waals surface area contributed by atoms with Crippen LogP contribution >= 0.6 is 0 Å². The second-order valence-electron chi connectivity index (χ2n) is 10.4. The lowest BCUT2D eigenvalue weighted by Crippen LogP contribution is -2.50. The molecule has 0 aromatic heterocycles. The molecule has 1 aromatic rings. The Kier molecular flexibility index (Phi) is 5.30. The van der Waals surface area contributed by atoms with Crippen molar-refractivity contribution < 1.29 is 19.2 Å². The number of nitrogens with zero attached hydrogens (tertiary/aromatic N) is 1. The SMILES string of the molecule is CC(C(=O)NCCNC(=O)CC12CC3CC(CC(C3)C1)C2)N1C(=O)c2ccccc2C1=O. The fourth-order valence-corrected chi connectivity index (χ4v) is 7.12. The van der Waals surface area contributed by atoms with Crippen molar-refractivity contribution in [1.29, 1.82) is 0 Å². The van der Waals surface area contributed by atoms with Crippen LogP contribution in [0.15, 0.2) is 24.3 Å². The van der Waals surface area contributed by atoms with E-state index in [-0.39, 0.29) is 17.9 Å². The summed E-state index contributed by atoms with van der Waals surface area (Å²) in [6, 6.07) is 5.68. The van der Waals surface area contributed by atoms with Gasteiger partial charge in [0.2, 0.25) is 11.8 Å². The monoisotopic (exact) mass is 437 g/mol. The molecule has 1 aliphatic heterocycles. The third-order valence-electron chi connectivity index (χ3n) is 8.04. The lowest BCUT2D eigenvalue weighted by Gasteiger charge is -2.56. The molecule has 1 aromatic carbocycles. The third-order valence-corrected chi connectivity index (χ3v) is 8.04. The van der Waals surface area contributed by atoms with Gasteiger partial charge in [-0.05, 0) is 80.8 Å². The van der Waals surface area contributed by atoms with Gasteiger partial charge in [-0.25, -0.2) is 0 Å². The van der Waals surface area contributed by atoms with Crippen molar-refractivity contribution >= 4 is 23.6 Å². The summed E-state index contributed by atoms with van der Waals surface area (Å²) in [5, 5.41) is 5.69. The number of nitrogens with one attached hydrogen (secondary N) is 2. The van der Waals surface area contributed by atoms with Crippen LogP contribution in [-0.4, -0.2) is 47.7 Å². The molecule has 0 radical (unpaired) electrons. The first-order chi connectivity index (χ1) is 15.3. The van der Waals surface area contributed by atoms with Crippen LogP contribution in [0.5, 0.6) is 0 Å². The second kappa shape index (κ2) is 8.01. The number of rotatable bonds is 7. The lowest BCUT2D eigenvalue weighted by atomic mass is 9.49. The first kappa shape index (κ1) is 21.2. The van der Waals surface area contributed by atoms with Crippen molar-refractivity contribution in [3.05, 3.63) is 35.4 Å². The van der Waals surface area contributed by atoms with Crippen LogP contribution in [0.4, 0.5) is 0 Å². The second-order valence-corrected chi connectivity index (χ2v) is 10.4. The van der Waals surface area contributed by atoms with Crippen LogP contribution in [0.2, 0.25) is 0 Å². The largest absolute Gasteiger partial charge is 0.354 e. The van der Waals surface area contributed by atoms with E-state index in [1.807, 2.05) is 0 Å². The minimum absolute atomic E-state index is 0.0644. The molecular formula is C25H31N3O4. The van der Waals surface area contributed by atoms with E-state index in [2.05, 4.69) is 10.6 Å². The number of benzene rings is 1. The molecule has 1 atom stereocenters. The summed E-state index contributed by atoms with van der Waals surface area (Å²) >= 11 is 0. The van der Waals surface area contributed by atoms with Crippen LogP contribution in [0.1, 0.15) is 72.6 Å². The molecule has 4 fully saturated rings. The van der Waals surface area contributed by atoms with Crippen LogP contribution in [0, 0.1) is 23.2 Å². The zero-order valence-electron chi connectivity index (χ0n) is 18.6. The molecule has 0 spiro atoms. The fourth-order valence-electron chi connectivity index (χ4n) is 7.12. The zero-order valence-corrected chi connectivity index (χ0v) is 18.6. The topological polar surface area (TPSA) is 95.6 Å². The summed E-state index contributed by atoms with van der Waals surface area (Å²) in [5.41, 5.74) is 0.852. The summed E-state index contributed by atoms with van der Waals surface area (Å²) in [7, 11) is 0. The minimum atomic E-state index is -0.912. The summed E-state index contributed by atoms with van der Waals surface area (Å²) in [4.78, 5) is 51.2.